The molecule has 1 atom stereocenters. The van der Waals surface area contributed by atoms with E-state index in [0.29, 0.717) is 23.1 Å². The van der Waals surface area contributed by atoms with Gasteiger partial charge in [0.05, 0.1) is 16.8 Å². The third-order valence-electron chi connectivity index (χ3n) is 2.13. The van der Waals surface area contributed by atoms with Crippen molar-refractivity contribution in [3.63, 3.8) is 0 Å². The molecule has 0 aromatic carbocycles. The number of nitrogen functional groups attached to an aromatic ring is 1. The van der Waals surface area contributed by atoms with Crippen molar-refractivity contribution in [3.05, 3.63) is 17.3 Å². The van der Waals surface area contributed by atoms with Crippen molar-refractivity contribution < 1.29 is 5.11 Å². The molecule has 84 valence electrons. The Morgan fingerprint density at radius 2 is 2.27 bits per heavy atom. The van der Waals surface area contributed by atoms with Crippen LogP contribution in [0.1, 0.15) is 13.8 Å². The Bertz CT molecular complexity index is 330. The molecule has 1 heterocycles. The number of hydrogen-bond acceptors (Lipinski definition) is 4. The minimum Gasteiger partial charge on any atom is -0.396 e. The van der Waals surface area contributed by atoms with Gasteiger partial charge in [-0.15, -0.1) is 0 Å². The van der Waals surface area contributed by atoms with E-state index < -0.39 is 6.10 Å². The molecule has 1 aromatic rings. The third-order valence-corrected chi connectivity index (χ3v) is 2.34. The van der Waals surface area contributed by atoms with E-state index in [9.17, 15) is 5.11 Å². The van der Waals surface area contributed by atoms with Gasteiger partial charge in [0.25, 0.3) is 0 Å². The van der Waals surface area contributed by atoms with E-state index in [2.05, 4.69) is 10.3 Å². The predicted molar refractivity (Wildman–Crippen MR) is 63.0 cm³/mol. The second-order valence-electron chi connectivity index (χ2n) is 3.78. The lowest BCUT2D eigenvalue weighted by molar-refractivity contribution is 0.138. The zero-order valence-corrected chi connectivity index (χ0v) is 9.62. The SMILES string of the molecule is CC(C)C(O)CNc1ncc(Cl)cc1N. The largest absolute Gasteiger partial charge is 0.396 e. The maximum atomic E-state index is 9.58. The summed E-state index contributed by atoms with van der Waals surface area (Å²) < 4.78 is 0. The normalized spacial score (nSPS) is 12.9. The van der Waals surface area contributed by atoms with Gasteiger partial charge in [-0.05, 0) is 12.0 Å². The molecule has 5 heteroatoms. The molecule has 4 nitrogen and oxygen atoms in total. The maximum Gasteiger partial charge on any atom is 0.149 e. The Balaban J connectivity index is 2.58. The fourth-order valence-electron chi connectivity index (χ4n) is 1.04. The first-order valence-electron chi connectivity index (χ1n) is 4.83. The average Bonchev–Trinajstić information content (AvgIpc) is 2.15. The minimum atomic E-state index is -0.415. The summed E-state index contributed by atoms with van der Waals surface area (Å²) in [6.45, 7) is 4.33. The number of hydrogen-bond donors (Lipinski definition) is 3. The molecular weight excluding hydrogens is 214 g/mol. The first-order chi connectivity index (χ1) is 7.00. The first kappa shape index (κ1) is 12.1. The van der Waals surface area contributed by atoms with Crippen molar-refractivity contribution >= 4 is 23.1 Å². The monoisotopic (exact) mass is 229 g/mol. The Morgan fingerprint density at radius 1 is 1.60 bits per heavy atom. The third kappa shape index (κ3) is 3.57. The lowest BCUT2D eigenvalue weighted by Crippen LogP contribution is -2.25. The Morgan fingerprint density at radius 3 is 2.80 bits per heavy atom. The second-order valence-corrected chi connectivity index (χ2v) is 4.22. The number of rotatable bonds is 4. The number of pyridine rings is 1. The summed E-state index contributed by atoms with van der Waals surface area (Å²) in [5.41, 5.74) is 6.18. The van der Waals surface area contributed by atoms with Gasteiger partial charge in [-0.25, -0.2) is 4.98 Å². The van der Waals surface area contributed by atoms with Crippen LogP contribution in [0.25, 0.3) is 0 Å². The summed E-state index contributed by atoms with van der Waals surface area (Å²) in [6, 6.07) is 1.62. The maximum absolute atomic E-state index is 9.58. The highest BCUT2D eigenvalue weighted by atomic mass is 35.5. The molecule has 0 aliphatic rings. The molecule has 0 aliphatic heterocycles. The molecular formula is C10H16ClN3O. The van der Waals surface area contributed by atoms with Crippen LogP contribution in [-0.4, -0.2) is 22.7 Å². The van der Waals surface area contributed by atoms with Crippen LogP contribution >= 0.6 is 11.6 Å². The highest BCUT2D eigenvalue weighted by molar-refractivity contribution is 6.30. The summed E-state index contributed by atoms with van der Waals surface area (Å²) in [5.74, 6) is 0.755. The van der Waals surface area contributed by atoms with Gasteiger partial charge in [-0.3, -0.25) is 0 Å². The molecule has 0 saturated heterocycles. The zero-order valence-electron chi connectivity index (χ0n) is 8.87. The van der Waals surface area contributed by atoms with E-state index in [1.807, 2.05) is 13.8 Å². The van der Waals surface area contributed by atoms with Crippen LogP contribution < -0.4 is 11.1 Å². The number of aromatic nitrogens is 1. The van der Waals surface area contributed by atoms with E-state index in [1.54, 1.807) is 6.07 Å². The Hall–Kier alpha value is -1.00. The molecule has 1 rings (SSSR count). The minimum absolute atomic E-state index is 0.200. The van der Waals surface area contributed by atoms with Crippen molar-refractivity contribution in [2.75, 3.05) is 17.6 Å². The van der Waals surface area contributed by atoms with Crippen molar-refractivity contribution in [2.45, 2.75) is 20.0 Å². The van der Waals surface area contributed by atoms with E-state index in [-0.39, 0.29) is 5.92 Å². The van der Waals surface area contributed by atoms with Gasteiger partial charge in [0.1, 0.15) is 5.82 Å². The smallest absolute Gasteiger partial charge is 0.149 e. The van der Waals surface area contributed by atoms with E-state index in [0.717, 1.165) is 0 Å². The van der Waals surface area contributed by atoms with E-state index in [1.165, 1.54) is 6.20 Å². The molecule has 0 radical (unpaired) electrons. The van der Waals surface area contributed by atoms with Crippen LogP contribution in [0.15, 0.2) is 12.3 Å². The summed E-state index contributed by atoms with van der Waals surface area (Å²) in [5, 5.41) is 13.1. The van der Waals surface area contributed by atoms with Gasteiger partial charge in [-0.2, -0.15) is 0 Å². The highest BCUT2D eigenvalue weighted by Gasteiger charge is 2.09. The number of aliphatic hydroxyl groups is 1. The fraction of sp³-hybridized carbons (Fsp3) is 0.500. The van der Waals surface area contributed by atoms with Crippen molar-refractivity contribution in [1.29, 1.82) is 0 Å². The van der Waals surface area contributed by atoms with Gasteiger partial charge in [0.2, 0.25) is 0 Å². The number of halogens is 1. The lowest BCUT2D eigenvalue weighted by Gasteiger charge is -2.16. The molecule has 0 bridgehead atoms. The van der Waals surface area contributed by atoms with Crippen LogP contribution in [0, 0.1) is 5.92 Å². The topological polar surface area (TPSA) is 71.2 Å². The number of nitrogens with two attached hydrogens (primary N) is 1. The van der Waals surface area contributed by atoms with Crippen molar-refractivity contribution in [3.8, 4) is 0 Å². The first-order valence-corrected chi connectivity index (χ1v) is 5.21. The van der Waals surface area contributed by atoms with Crippen LogP contribution in [0.4, 0.5) is 11.5 Å². The standard InChI is InChI=1S/C10H16ClN3O/c1-6(2)9(15)5-14-10-8(12)3-7(11)4-13-10/h3-4,6,9,15H,5,12H2,1-2H3,(H,13,14). The molecule has 0 fully saturated rings. The number of nitrogens with zero attached hydrogens (tertiary/aromatic N) is 1. The number of aliphatic hydroxyl groups excluding tert-OH is 1. The molecule has 0 amide bonds. The summed E-state index contributed by atoms with van der Waals surface area (Å²) >= 11 is 5.71. The van der Waals surface area contributed by atoms with Gasteiger partial charge in [0.15, 0.2) is 0 Å². The van der Waals surface area contributed by atoms with Gasteiger partial charge >= 0.3 is 0 Å². The molecule has 1 aromatic heterocycles. The second kappa shape index (κ2) is 5.19. The number of anilines is 2. The molecule has 15 heavy (non-hydrogen) atoms. The van der Waals surface area contributed by atoms with Gasteiger partial charge < -0.3 is 16.2 Å². The Kier molecular flexibility index (Phi) is 4.17. The van der Waals surface area contributed by atoms with Crippen LogP contribution in [0.5, 0.6) is 0 Å². The number of nitrogens with one attached hydrogen (secondary N) is 1. The quantitative estimate of drug-likeness (QED) is 0.736. The van der Waals surface area contributed by atoms with Crippen molar-refractivity contribution in [1.82, 2.24) is 4.98 Å². The van der Waals surface area contributed by atoms with Crippen LogP contribution in [0.2, 0.25) is 5.02 Å². The fourth-order valence-corrected chi connectivity index (χ4v) is 1.21. The van der Waals surface area contributed by atoms with Crippen LogP contribution in [-0.2, 0) is 0 Å². The molecule has 1 unspecified atom stereocenters. The predicted octanol–water partition coefficient (Wildman–Crippen LogP) is 1.75. The summed E-state index contributed by atoms with van der Waals surface area (Å²) in [6.07, 6.45) is 1.10. The van der Waals surface area contributed by atoms with Gasteiger partial charge in [0, 0.05) is 12.7 Å². The van der Waals surface area contributed by atoms with E-state index >= 15 is 0 Å². The van der Waals surface area contributed by atoms with Crippen LogP contribution in [0.3, 0.4) is 0 Å². The summed E-state index contributed by atoms with van der Waals surface area (Å²) in [7, 11) is 0. The Labute approximate surface area is 94.5 Å². The molecule has 0 saturated carbocycles. The summed E-state index contributed by atoms with van der Waals surface area (Å²) in [4.78, 5) is 4.03. The lowest BCUT2D eigenvalue weighted by atomic mass is 10.1. The molecule has 0 spiro atoms. The highest BCUT2D eigenvalue weighted by Crippen LogP contribution is 2.19. The zero-order chi connectivity index (χ0) is 11.4. The van der Waals surface area contributed by atoms with Crippen molar-refractivity contribution in [2.24, 2.45) is 5.92 Å². The van der Waals surface area contributed by atoms with E-state index in [4.69, 9.17) is 17.3 Å². The average molecular weight is 230 g/mol. The molecule has 0 aliphatic carbocycles. The molecule has 4 N–H and O–H groups in total. The van der Waals surface area contributed by atoms with Gasteiger partial charge in [-0.1, -0.05) is 25.4 Å².